The molecule has 0 saturated heterocycles. The van der Waals surface area contributed by atoms with Gasteiger partial charge in [-0.2, -0.15) is 0 Å². The third-order valence-corrected chi connectivity index (χ3v) is 2.68. The zero-order valence-corrected chi connectivity index (χ0v) is 10.1. The van der Waals surface area contributed by atoms with Gasteiger partial charge in [0.25, 0.3) is 0 Å². The Morgan fingerprint density at radius 1 is 1.53 bits per heavy atom. The molecule has 0 saturated carbocycles. The average molecular weight is 239 g/mol. The molecule has 0 amide bonds. The first-order chi connectivity index (χ1) is 8.04. The van der Waals surface area contributed by atoms with E-state index in [-0.39, 0.29) is 11.9 Å². The van der Waals surface area contributed by atoms with Crippen molar-refractivity contribution < 1.29 is 14.3 Å². The standard InChI is InChI=1S/C13H18FNO2/c1-3-5-12(13(16)17)15-9(2)10-6-4-7-11(14)8-10/h4,6-9,12,15H,3,5H2,1-2H3,(H,16,17). The van der Waals surface area contributed by atoms with Gasteiger partial charge in [0.05, 0.1) is 0 Å². The van der Waals surface area contributed by atoms with Crippen LogP contribution in [0.3, 0.4) is 0 Å². The minimum atomic E-state index is -0.866. The monoisotopic (exact) mass is 239 g/mol. The van der Waals surface area contributed by atoms with E-state index < -0.39 is 12.0 Å². The lowest BCUT2D eigenvalue weighted by atomic mass is 10.1. The van der Waals surface area contributed by atoms with Crippen LogP contribution in [-0.4, -0.2) is 17.1 Å². The highest BCUT2D eigenvalue weighted by Gasteiger charge is 2.19. The minimum absolute atomic E-state index is 0.182. The van der Waals surface area contributed by atoms with Gasteiger partial charge in [0.1, 0.15) is 11.9 Å². The molecule has 0 fully saturated rings. The zero-order chi connectivity index (χ0) is 12.8. The third kappa shape index (κ3) is 4.15. The van der Waals surface area contributed by atoms with Crippen LogP contribution in [0.1, 0.15) is 38.3 Å². The number of rotatable bonds is 6. The van der Waals surface area contributed by atoms with Gasteiger partial charge in [0.15, 0.2) is 0 Å². The van der Waals surface area contributed by atoms with Crippen molar-refractivity contribution in [3.8, 4) is 0 Å². The first-order valence-corrected chi connectivity index (χ1v) is 5.79. The van der Waals surface area contributed by atoms with E-state index in [1.165, 1.54) is 12.1 Å². The molecule has 17 heavy (non-hydrogen) atoms. The highest BCUT2D eigenvalue weighted by molar-refractivity contribution is 5.73. The summed E-state index contributed by atoms with van der Waals surface area (Å²) < 4.78 is 13.0. The summed E-state index contributed by atoms with van der Waals surface area (Å²) in [6.07, 6.45) is 1.36. The smallest absolute Gasteiger partial charge is 0.320 e. The molecular weight excluding hydrogens is 221 g/mol. The molecule has 0 radical (unpaired) electrons. The fraction of sp³-hybridized carbons (Fsp3) is 0.462. The SMILES string of the molecule is CCCC(NC(C)c1cccc(F)c1)C(=O)O. The van der Waals surface area contributed by atoms with E-state index in [2.05, 4.69) is 5.32 Å². The molecule has 3 nitrogen and oxygen atoms in total. The Kier molecular flexibility index (Phi) is 5.10. The van der Waals surface area contributed by atoms with Crippen LogP contribution in [0.2, 0.25) is 0 Å². The molecule has 1 aromatic carbocycles. The largest absolute Gasteiger partial charge is 0.480 e. The van der Waals surface area contributed by atoms with E-state index in [1.807, 2.05) is 13.8 Å². The van der Waals surface area contributed by atoms with Crippen LogP contribution < -0.4 is 5.32 Å². The highest BCUT2D eigenvalue weighted by atomic mass is 19.1. The van der Waals surface area contributed by atoms with Gasteiger partial charge >= 0.3 is 5.97 Å². The van der Waals surface area contributed by atoms with Gasteiger partial charge in [-0.15, -0.1) is 0 Å². The van der Waals surface area contributed by atoms with E-state index in [9.17, 15) is 9.18 Å². The summed E-state index contributed by atoms with van der Waals surface area (Å²) in [6.45, 7) is 3.77. The lowest BCUT2D eigenvalue weighted by Crippen LogP contribution is -2.38. The summed E-state index contributed by atoms with van der Waals surface area (Å²) in [7, 11) is 0. The molecule has 94 valence electrons. The van der Waals surface area contributed by atoms with E-state index in [4.69, 9.17) is 5.11 Å². The molecule has 0 bridgehead atoms. The second kappa shape index (κ2) is 6.35. The molecular formula is C13H18FNO2. The van der Waals surface area contributed by atoms with Crippen LogP contribution in [0.5, 0.6) is 0 Å². The maximum atomic E-state index is 13.0. The maximum Gasteiger partial charge on any atom is 0.320 e. The molecule has 2 unspecified atom stereocenters. The number of aliphatic carboxylic acids is 1. The number of benzene rings is 1. The number of hydrogen-bond acceptors (Lipinski definition) is 2. The van der Waals surface area contributed by atoms with Crippen molar-refractivity contribution >= 4 is 5.97 Å². The van der Waals surface area contributed by atoms with Crippen LogP contribution in [0.25, 0.3) is 0 Å². The Hall–Kier alpha value is -1.42. The van der Waals surface area contributed by atoms with Gasteiger partial charge in [-0.1, -0.05) is 25.5 Å². The molecule has 2 N–H and O–H groups in total. The van der Waals surface area contributed by atoms with E-state index >= 15 is 0 Å². The summed E-state index contributed by atoms with van der Waals surface area (Å²) >= 11 is 0. The average Bonchev–Trinajstić information content (AvgIpc) is 2.28. The number of carboxylic acids is 1. The fourth-order valence-corrected chi connectivity index (χ4v) is 1.74. The third-order valence-electron chi connectivity index (χ3n) is 2.68. The molecule has 0 aromatic heterocycles. The molecule has 4 heteroatoms. The van der Waals surface area contributed by atoms with Gasteiger partial charge < -0.3 is 5.11 Å². The van der Waals surface area contributed by atoms with Crippen molar-refractivity contribution in [1.29, 1.82) is 0 Å². The molecule has 2 atom stereocenters. The number of hydrogen-bond donors (Lipinski definition) is 2. The predicted octanol–water partition coefficient (Wildman–Crippen LogP) is 2.73. The molecule has 0 aliphatic rings. The summed E-state index contributed by atoms with van der Waals surface area (Å²) in [5.41, 5.74) is 0.757. The van der Waals surface area contributed by atoms with Gasteiger partial charge in [0, 0.05) is 6.04 Å². The minimum Gasteiger partial charge on any atom is -0.480 e. The summed E-state index contributed by atoms with van der Waals surface area (Å²) in [6, 6.07) is 5.43. The van der Waals surface area contributed by atoms with Crippen LogP contribution in [0.4, 0.5) is 4.39 Å². The van der Waals surface area contributed by atoms with Gasteiger partial charge in [-0.3, -0.25) is 10.1 Å². The molecule has 0 heterocycles. The Morgan fingerprint density at radius 2 is 2.24 bits per heavy atom. The first-order valence-electron chi connectivity index (χ1n) is 5.79. The summed E-state index contributed by atoms with van der Waals surface area (Å²) in [5, 5.41) is 12.0. The molecule has 1 aromatic rings. The number of halogens is 1. The second-order valence-corrected chi connectivity index (χ2v) is 4.12. The lowest BCUT2D eigenvalue weighted by Gasteiger charge is -2.20. The zero-order valence-electron chi connectivity index (χ0n) is 10.1. The predicted molar refractivity (Wildman–Crippen MR) is 64.3 cm³/mol. The summed E-state index contributed by atoms with van der Waals surface area (Å²) in [4.78, 5) is 11.0. The molecule has 0 aliphatic heterocycles. The Bertz CT molecular complexity index is 381. The van der Waals surface area contributed by atoms with Crippen molar-refractivity contribution in [3.63, 3.8) is 0 Å². The van der Waals surface area contributed by atoms with Crippen LogP contribution in [0, 0.1) is 5.82 Å². The molecule has 0 spiro atoms. The quantitative estimate of drug-likeness (QED) is 0.802. The topological polar surface area (TPSA) is 49.3 Å². The van der Waals surface area contributed by atoms with Crippen LogP contribution in [-0.2, 0) is 4.79 Å². The molecule has 1 rings (SSSR count). The first kappa shape index (κ1) is 13.6. The van der Waals surface area contributed by atoms with Crippen LogP contribution in [0.15, 0.2) is 24.3 Å². The van der Waals surface area contributed by atoms with Crippen molar-refractivity contribution in [2.45, 2.75) is 38.8 Å². The number of carboxylic acid groups (broad SMARTS) is 1. The van der Waals surface area contributed by atoms with Gasteiger partial charge in [0.2, 0.25) is 0 Å². The van der Waals surface area contributed by atoms with Crippen molar-refractivity contribution in [1.82, 2.24) is 5.32 Å². The lowest BCUT2D eigenvalue weighted by molar-refractivity contribution is -0.139. The normalized spacial score (nSPS) is 14.3. The molecule has 0 aliphatic carbocycles. The number of carbonyl (C=O) groups is 1. The van der Waals surface area contributed by atoms with Gasteiger partial charge in [-0.05, 0) is 31.0 Å². The van der Waals surface area contributed by atoms with Gasteiger partial charge in [-0.25, -0.2) is 4.39 Å². The van der Waals surface area contributed by atoms with Crippen LogP contribution >= 0.6 is 0 Å². The Morgan fingerprint density at radius 3 is 2.76 bits per heavy atom. The van der Waals surface area contributed by atoms with Crippen molar-refractivity contribution in [2.75, 3.05) is 0 Å². The fourth-order valence-electron chi connectivity index (χ4n) is 1.74. The maximum absolute atomic E-state index is 13.0. The summed E-state index contributed by atoms with van der Waals surface area (Å²) in [5.74, 6) is -1.17. The Balaban J connectivity index is 2.69. The highest BCUT2D eigenvalue weighted by Crippen LogP contribution is 2.15. The van der Waals surface area contributed by atoms with Crippen molar-refractivity contribution in [3.05, 3.63) is 35.6 Å². The van der Waals surface area contributed by atoms with E-state index in [0.29, 0.717) is 6.42 Å². The van der Waals surface area contributed by atoms with Crippen molar-refractivity contribution in [2.24, 2.45) is 0 Å². The Labute approximate surface area is 101 Å². The second-order valence-electron chi connectivity index (χ2n) is 4.12. The van der Waals surface area contributed by atoms with E-state index in [0.717, 1.165) is 12.0 Å². The number of nitrogens with one attached hydrogen (secondary N) is 1. The van der Waals surface area contributed by atoms with E-state index in [1.54, 1.807) is 12.1 Å².